The van der Waals surface area contributed by atoms with Crippen LogP contribution < -0.4 is 0 Å². The molecule has 1 saturated heterocycles. The van der Waals surface area contributed by atoms with Gasteiger partial charge in [-0.15, -0.1) is 11.8 Å². The summed E-state index contributed by atoms with van der Waals surface area (Å²) >= 11 is 1.79. The number of likely N-dealkylation sites (tertiary alicyclic amines) is 1. The summed E-state index contributed by atoms with van der Waals surface area (Å²) in [5, 5.41) is 4.24. The van der Waals surface area contributed by atoms with Gasteiger partial charge in [0.25, 0.3) is 0 Å². The molecule has 4 heteroatoms. The van der Waals surface area contributed by atoms with Gasteiger partial charge in [-0.3, -0.25) is 4.90 Å². The summed E-state index contributed by atoms with van der Waals surface area (Å²) in [7, 11) is 0. The van der Waals surface area contributed by atoms with E-state index in [1.165, 1.54) is 29.7 Å². The lowest BCUT2D eigenvalue weighted by molar-refractivity contribution is 0.134. The molecule has 112 valence electrons. The fourth-order valence-corrected chi connectivity index (χ4v) is 3.43. The third-order valence-electron chi connectivity index (χ3n) is 4.15. The zero-order valence-electron chi connectivity index (χ0n) is 12.7. The highest BCUT2D eigenvalue weighted by atomic mass is 32.2. The van der Waals surface area contributed by atoms with Crippen molar-refractivity contribution < 1.29 is 4.52 Å². The van der Waals surface area contributed by atoms with Crippen LogP contribution in [0.15, 0.2) is 39.8 Å². The average Bonchev–Trinajstić information content (AvgIpc) is 2.95. The van der Waals surface area contributed by atoms with Crippen LogP contribution in [0.1, 0.15) is 42.3 Å². The Bertz CT molecular complexity index is 579. The zero-order valence-corrected chi connectivity index (χ0v) is 13.5. The molecule has 1 aliphatic heterocycles. The van der Waals surface area contributed by atoms with E-state index in [1.54, 1.807) is 11.8 Å². The van der Waals surface area contributed by atoms with Gasteiger partial charge in [-0.2, -0.15) is 0 Å². The van der Waals surface area contributed by atoms with Crippen molar-refractivity contribution in [3.8, 4) is 0 Å². The normalized spacial score (nSPS) is 19.8. The Morgan fingerprint density at radius 1 is 1.29 bits per heavy atom. The van der Waals surface area contributed by atoms with Crippen molar-refractivity contribution in [3.63, 3.8) is 0 Å². The molecule has 0 unspecified atom stereocenters. The van der Waals surface area contributed by atoms with Gasteiger partial charge < -0.3 is 4.52 Å². The van der Waals surface area contributed by atoms with Crippen molar-refractivity contribution >= 4 is 11.8 Å². The fourth-order valence-electron chi connectivity index (χ4n) is 3.02. The van der Waals surface area contributed by atoms with Gasteiger partial charge in [-0.05, 0) is 50.3 Å². The van der Waals surface area contributed by atoms with E-state index in [1.807, 2.05) is 6.92 Å². The van der Waals surface area contributed by atoms with E-state index >= 15 is 0 Å². The first-order valence-electron chi connectivity index (χ1n) is 7.56. The summed E-state index contributed by atoms with van der Waals surface area (Å²) in [5.74, 6) is 0.903. The standard InChI is InChI=1S/C17H22N2OS/c1-13-11-16(18-20-13)17-5-3-4-10-19(17)12-14-6-8-15(21-2)9-7-14/h6-9,11,17H,3-5,10,12H2,1-2H3/t17-/m1/s1. The van der Waals surface area contributed by atoms with Crippen molar-refractivity contribution in [2.75, 3.05) is 12.8 Å². The number of rotatable bonds is 4. The average molecular weight is 302 g/mol. The molecule has 0 bridgehead atoms. The van der Waals surface area contributed by atoms with Crippen LogP contribution in [0.4, 0.5) is 0 Å². The molecular formula is C17H22N2OS. The van der Waals surface area contributed by atoms with Crippen LogP contribution in [-0.4, -0.2) is 22.9 Å². The van der Waals surface area contributed by atoms with Crippen LogP contribution in [0.25, 0.3) is 0 Å². The molecule has 0 N–H and O–H groups in total. The molecule has 0 saturated carbocycles. The highest BCUT2D eigenvalue weighted by molar-refractivity contribution is 7.98. The summed E-state index contributed by atoms with van der Waals surface area (Å²) in [5.41, 5.74) is 2.47. The van der Waals surface area contributed by atoms with Crippen LogP contribution in [0.2, 0.25) is 0 Å². The molecule has 2 heterocycles. The predicted molar refractivity (Wildman–Crippen MR) is 86.5 cm³/mol. The lowest BCUT2D eigenvalue weighted by Crippen LogP contribution is -2.33. The second kappa shape index (κ2) is 6.67. The minimum Gasteiger partial charge on any atom is -0.361 e. The molecule has 21 heavy (non-hydrogen) atoms. The molecule has 1 aliphatic rings. The molecule has 1 fully saturated rings. The number of hydrogen-bond acceptors (Lipinski definition) is 4. The van der Waals surface area contributed by atoms with E-state index in [-0.39, 0.29) is 0 Å². The summed E-state index contributed by atoms with van der Waals surface area (Å²) in [4.78, 5) is 3.86. The van der Waals surface area contributed by atoms with Gasteiger partial charge in [0.05, 0.1) is 6.04 Å². The molecule has 0 radical (unpaired) electrons. The Balaban J connectivity index is 1.74. The van der Waals surface area contributed by atoms with Gasteiger partial charge in [-0.25, -0.2) is 0 Å². The lowest BCUT2D eigenvalue weighted by Gasteiger charge is -2.34. The third-order valence-corrected chi connectivity index (χ3v) is 4.89. The molecule has 0 amide bonds. The number of benzene rings is 1. The Hall–Kier alpha value is -1.26. The SMILES string of the molecule is CSc1ccc(CN2CCCC[C@@H]2c2cc(C)on2)cc1. The Morgan fingerprint density at radius 3 is 2.76 bits per heavy atom. The topological polar surface area (TPSA) is 29.3 Å². The number of thioether (sulfide) groups is 1. The maximum atomic E-state index is 5.27. The van der Waals surface area contributed by atoms with Gasteiger partial charge >= 0.3 is 0 Å². The molecule has 3 nitrogen and oxygen atoms in total. The van der Waals surface area contributed by atoms with Crippen LogP contribution in [-0.2, 0) is 6.54 Å². The highest BCUT2D eigenvalue weighted by Gasteiger charge is 2.26. The Labute approximate surface area is 130 Å². The molecule has 3 rings (SSSR count). The van der Waals surface area contributed by atoms with Gasteiger partial charge in [0.15, 0.2) is 0 Å². The van der Waals surface area contributed by atoms with Crippen LogP contribution in [0, 0.1) is 6.92 Å². The summed E-state index contributed by atoms with van der Waals surface area (Å²) in [6, 6.07) is 11.4. The number of piperidine rings is 1. The van der Waals surface area contributed by atoms with E-state index in [0.29, 0.717) is 6.04 Å². The highest BCUT2D eigenvalue weighted by Crippen LogP contribution is 2.32. The molecule has 0 aliphatic carbocycles. The van der Waals surface area contributed by atoms with E-state index < -0.39 is 0 Å². The number of hydrogen-bond donors (Lipinski definition) is 0. The maximum absolute atomic E-state index is 5.27. The third kappa shape index (κ3) is 3.50. The molecule has 1 atom stereocenters. The molecule has 0 spiro atoms. The van der Waals surface area contributed by atoms with E-state index in [4.69, 9.17) is 4.52 Å². The number of nitrogens with zero attached hydrogens (tertiary/aromatic N) is 2. The molecule has 1 aromatic heterocycles. The second-order valence-electron chi connectivity index (χ2n) is 5.69. The first-order valence-corrected chi connectivity index (χ1v) is 8.79. The van der Waals surface area contributed by atoms with Crippen molar-refractivity contribution in [1.29, 1.82) is 0 Å². The fraction of sp³-hybridized carbons (Fsp3) is 0.471. The van der Waals surface area contributed by atoms with E-state index in [0.717, 1.165) is 24.5 Å². The lowest BCUT2D eigenvalue weighted by atomic mass is 9.98. The van der Waals surface area contributed by atoms with Crippen LogP contribution >= 0.6 is 11.8 Å². The summed E-state index contributed by atoms with van der Waals surface area (Å²) in [6.07, 6.45) is 5.84. The van der Waals surface area contributed by atoms with Gasteiger partial charge in [0, 0.05) is 17.5 Å². The molecule has 2 aromatic rings. The minimum atomic E-state index is 0.399. The smallest absolute Gasteiger partial charge is 0.133 e. The number of aromatic nitrogens is 1. The molecular weight excluding hydrogens is 280 g/mol. The van der Waals surface area contributed by atoms with Crippen molar-refractivity contribution in [3.05, 3.63) is 47.3 Å². The first kappa shape index (κ1) is 14.7. The Kier molecular flexibility index (Phi) is 4.66. The largest absolute Gasteiger partial charge is 0.361 e. The summed E-state index contributed by atoms with van der Waals surface area (Å²) in [6.45, 7) is 4.09. The van der Waals surface area contributed by atoms with Crippen LogP contribution in [0.3, 0.4) is 0 Å². The number of aryl methyl sites for hydroxylation is 1. The first-order chi connectivity index (χ1) is 10.3. The second-order valence-corrected chi connectivity index (χ2v) is 6.57. The van der Waals surface area contributed by atoms with E-state index in [9.17, 15) is 0 Å². The summed E-state index contributed by atoms with van der Waals surface area (Å²) < 4.78 is 5.27. The minimum absolute atomic E-state index is 0.399. The predicted octanol–water partition coefficient (Wildman–Crippen LogP) is 4.43. The Morgan fingerprint density at radius 2 is 2.10 bits per heavy atom. The van der Waals surface area contributed by atoms with Gasteiger partial charge in [0.1, 0.15) is 11.5 Å². The van der Waals surface area contributed by atoms with Crippen LogP contribution in [0.5, 0.6) is 0 Å². The maximum Gasteiger partial charge on any atom is 0.133 e. The molecule has 1 aromatic carbocycles. The van der Waals surface area contributed by atoms with Crippen molar-refractivity contribution in [2.24, 2.45) is 0 Å². The van der Waals surface area contributed by atoms with E-state index in [2.05, 4.69) is 46.6 Å². The zero-order chi connectivity index (χ0) is 14.7. The van der Waals surface area contributed by atoms with Crippen molar-refractivity contribution in [1.82, 2.24) is 10.1 Å². The quantitative estimate of drug-likeness (QED) is 0.781. The monoisotopic (exact) mass is 302 g/mol. The van der Waals surface area contributed by atoms with Gasteiger partial charge in [0.2, 0.25) is 0 Å². The van der Waals surface area contributed by atoms with Crippen molar-refractivity contribution in [2.45, 2.75) is 43.7 Å². The van der Waals surface area contributed by atoms with Gasteiger partial charge in [-0.1, -0.05) is 23.7 Å².